The Morgan fingerprint density at radius 1 is 1.03 bits per heavy atom. The predicted octanol–water partition coefficient (Wildman–Crippen LogP) is 2.26. The molecule has 0 saturated heterocycles. The summed E-state index contributed by atoms with van der Waals surface area (Å²) in [4.78, 5) is 27.6. The van der Waals surface area contributed by atoms with Crippen molar-refractivity contribution < 1.29 is 27.5 Å². The Kier molecular flexibility index (Phi) is 7.61. The van der Waals surface area contributed by atoms with Gasteiger partial charge in [-0.3, -0.25) is 0 Å². The standard InChI is InChI=1S/C22H31N3O6S/c1-22(2,3)31-20(26)17(23-18-13-32(28,29)14-19(18)24(4)5)12-15-8-10-16(11-9-15)30-21(27)25(6)7/h8-11,13-14,17,23H,12H2,1-7H3. The van der Waals surface area contributed by atoms with Gasteiger partial charge in [-0.1, -0.05) is 12.1 Å². The third-order valence-electron chi connectivity index (χ3n) is 4.27. The number of hydrogen-bond acceptors (Lipinski definition) is 8. The molecule has 9 nitrogen and oxygen atoms in total. The van der Waals surface area contributed by atoms with Crippen LogP contribution in [0.15, 0.2) is 46.5 Å². The maximum absolute atomic E-state index is 12.9. The Balaban J connectivity index is 2.26. The van der Waals surface area contributed by atoms with E-state index in [1.165, 1.54) is 4.90 Å². The van der Waals surface area contributed by atoms with Gasteiger partial charge in [0.2, 0.25) is 0 Å². The number of amides is 1. The fraction of sp³-hybridized carbons (Fsp3) is 0.455. The van der Waals surface area contributed by atoms with E-state index in [1.54, 1.807) is 78.1 Å². The summed E-state index contributed by atoms with van der Waals surface area (Å²) in [6.45, 7) is 5.29. The summed E-state index contributed by atoms with van der Waals surface area (Å²) in [6.07, 6.45) is -0.266. The Bertz CT molecular complexity index is 1020. The largest absolute Gasteiger partial charge is 0.458 e. The van der Waals surface area contributed by atoms with E-state index in [4.69, 9.17) is 9.47 Å². The van der Waals surface area contributed by atoms with Gasteiger partial charge in [-0.05, 0) is 38.5 Å². The van der Waals surface area contributed by atoms with Gasteiger partial charge in [-0.2, -0.15) is 0 Å². The van der Waals surface area contributed by atoms with Crippen LogP contribution < -0.4 is 10.1 Å². The summed E-state index contributed by atoms with van der Waals surface area (Å²) in [6, 6.07) is 5.90. The smallest absolute Gasteiger partial charge is 0.414 e. The number of benzene rings is 1. The summed E-state index contributed by atoms with van der Waals surface area (Å²) < 4.78 is 34.9. The van der Waals surface area contributed by atoms with Gasteiger partial charge >= 0.3 is 12.1 Å². The average Bonchev–Trinajstić information content (AvgIpc) is 2.95. The van der Waals surface area contributed by atoms with Gasteiger partial charge in [0, 0.05) is 34.6 Å². The molecule has 0 aromatic heterocycles. The minimum absolute atomic E-state index is 0.231. The van der Waals surface area contributed by atoms with Gasteiger partial charge in [0.15, 0.2) is 9.84 Å². The molecular formula is C22H31N3O6S. The van der Waals surface area contributed by atoms with Crippen molar-refractivity contribution >= 4 is 21.9 Å². The Hall–Kier alpha value is -3.01. The van der Waals surface area contributed by atoms with Crippen molar-refractivity contribution in [2.75, 3.05) is 28.2 Å². The summed E-state index contributed by atoms with van der Waals surface area (Å²) >= 11 is 0. The first kappa shape index (κ1) is 25.3. The number of ether oxygens (including phenoxy) is 2. The first-order valence-electron chi connectivity index (χ1n) is 10.0. The Morgan fingerprint density at radius 3 is 2.12 bits per heavy atom. The zero-order valence-electron chi connectivity index (χ0n) is 19.5. The van der Waals surface area contributed by atoms with E-state index in [2.05, 4.69) is 5.32 Å². The van der Waals surface area contributed by atoms with Crippen LogP contribution in [0, 0.1) is 0 Å². The highest BCUT2D eigenvalue weighted by atomic mass is 32.2. The molecule has 0 fully saturated rings. The maximum Gasteiger partial charge on any atom is 0.414 e. The number of carbonyl (C=O) groups excluding carboxylic acids is 2. The average molecular weight is 466 g/mol. The summed E-state index contributed by atoms with van der Waals surface area (Å²) in [5.74, 6) is -0.138. The van der Waals surface area contributed by atoms with Crippen molar-refractivity contribution in [3.63, 3.8) is 0 Å². The molecule has 0 aliphatic carbocycles. The molecule has 176 valence electrons. The monoisotopic (exact) mass is 465 g/mol. The zero-order chi connectivity index (χ0) is 24.3. The molecular weight excluding hydrogens is 434 g/mol. The van der Waals surface area contributed by atoms with Gasteiger partial charge in [-0.25, -0.2) is 18.0 Å². The topological polar surface area (TPSA) is 105 Å². The lowest BCUT2D eigenvalue weighted by atomic mass is 10.0. The predicted molar refractivity (Wildman–Crippen MR) is 121 cm³/mol. The lowest BCUT2D eigenvalue weighted by molar-refractivity contribution is -0.157. The molecule has 10 heteroatoms. The van der Waals surface area contributed by atoms with Gasteiger partial charge in [0.05, 0.1) is 22.2 Å². The third-order valence-corrected chi connectivity index (χ3v) is 5.39. The van der Waals surface area contributed by atoms with Gasteiger partial charge < -0.3 is 24.6 Å². The molecule has 1 amide bonds. The van der Waals surface area contributed by atoms with Crippen molar-refractivity contribution in [1.29, 1.82) is 0 Å². The summed E-state index contributed by atoms with van der Waals surface area (Å²) in [5.41, 5.74) is 0.833. The van der Waals surface area contributed by atoms with Crippen LogP contribution in [-0.4, -0.2) is 70.1 Å². The first-order chi connectivity index (χ1) is 14.7. The Morgan fingerprint density at radius 2 is 1.62 bits per heavy atom. The molecule has 1 N–H and O–H groups in total. The molecule has 1 unspecified atom stereocenters. The number of hydrogen-bond donors (Lipinski definition) is 1. The minimum Gasteiger partial charge on any atom is -0.458 e. The number of nitrogens with zero attached hydrogens (tertiary/aromatic N) is 2. The molecule has 1 aliphatic rings. The van der Waals surface area contributed by atoms with Crippen LogP contribution in [0.2, 0.25) is 0 Å². The molecule has 1 atom stereocenters. The lowest BCUT2D eigenvalue weighted by Gasteiger charge is -2.27. The molecule has 32 heavy (non-hydrogen) atoms. The molecule has 0 bridgehead atoms. The lowest BCUT2D eigenvalue weighted by Crippen LogP contribution is -2.43. The fourth-order valence-electron chi connectivity index (χ4n) is 2.81. The normalized spacial score (nSPS) is 15.8. The van der Waals surface area contributed by atoms with Crippen LogP contribution >= 0.6 is 0 Å². The quantitative estimate of drug-likeness (QED) is 0.612. The highest BCUT2D eigenvalue weighted by Crippen LogP contribution is 2.24. The molecule has 0 radical (unpaired) electrons. The van der Waals surface area contributed by atoms with Crippen LogP contribution in [0.1, 0.15) is 26.3 Å². The number of nitrogens with one attached hydrogen (secondary N) is 1. The van der Waals surface area contributed by atoms with E-state index in [0.29, 0.717) is 17.1 Å². The molecule has 0 saturated carbocycles. The van der Waals surface area contributed by atoms with Crippen molar-refractivity contribution in [2.24, 2.45) is 0 Å². The van der Waals surface area contributed by atoms with E-state index in [1.807, 2.05) is 0 Å². The van der Waals surface area contributed by atoms with E-state index < -0.39 is 33.5 Å². The molecule has 1 aromatic rings. The fourth-order valence-corrected chi connectivity index (χ4v) is 4.04. The number of carbonyl (C=O) groups is 2. The van der Waals surface area contributed by atoms with Crippen LogP contribution in [-0.2, 0) is 25.8 Å². The highest BCUT2D eigenvalue weighted by Gasteiger charge is 2.30. The van der Waals surface area contributed by atoms with Gasteiger partial charge in [0.25, 0.3) is 0 Å². The number of sulfone groups is 1. The first-order valence-corrected chi connectivity index (χ1v) is 11.6. The second kappa shape index (κ2) is 9.64. The summed E-state index contributed by atoms with van der Waals surface area (Å²) in [7, 11) is 3.09. The van der Waals surface area contributed by atoms with Crippen molar-refractivity contribution in [1.82, 2.24) is 15.1 Å². The van der Waals surface area contributed by atoms with E-state index >= 15 is 0 Å². The second-order valence-corrected chi connectivity index (χ2v) is 10.5. The number of likely N-dealkylation sites (N-methyl/N-ethyl adjacent to an activating group) is 1. The van der Waals surface area contributed by atoms with Crippen molar-refractivity contribution in [2.45, 2.75) is 38.8 Å². The van der Waals surface area contributed by atoms with E-state index in [0.717, 1.165) is 16.4 Å². The molecule has 0 spiro atoms. The van der Waals surface area contributed by atoms with Crippen LogP contribution in [0.25, 0.3) is 0 Å². The number of rotatable bonds is 7. The van der Waals surface area contributed by atoms with Crippen LogP contribution in [0.5, 0.6) is 5.75 Å². The summed E-state index contributed by atoms with van der Waals surface area (Å²) in [5, 5.41) is 5.29. The minimum atomic E-state index is -3.53. The second-order valence-electron chi connectivity index (χ2n) is 8.86. The maximum atomic E-state index is 12.9. The molecule has 1 aromatic carbocycles. The Labute approximate surface area is 189 Å². The van der Waals surface area contributed by atoms with E-state index in [9.17, 15) is 18.0 Å². The van der Waals surface area contributed by atoms with Crippen molar-refractivity contribution in [3.8, 4) is 5.75 Å². The van der Waals surface area contributed by atoms with E-state index in [-0.39, 0.29) is 6.42 Å². The third kappa shape index (κ3) is 7.30. The molecule has 1 aliphatic heterocycles. The molecule has 2 rings (SSSR count). The highest BCUT2D eigenvalue weighted by molar-refractivity contribution is 7.97. The van der Waals surface area contributed by atoms with Gasteiger partial charge in [-0.15, -0.1) is 0 Å². The SMILES string of the molecule is CN(C)C(=O)Oc1ccc(CC(NC2=CS(=O)(=O)C=C2N(C)C)C(=O)OC(C)(C)C)cc1. The number of esters is 1. The van der Waals surface area contributed by atoms with Crippen LogP contribution in [0.4, 0.5) is 4.79 Å². The van der Waals surface area contributed by atoms with Crippen molar-refractivity contribution in [3.05, 3.63) is 52.0 Å². The van der Waals surface area contributed by atoms with Gasteiger partial charge in [0.1, 0.15) is 17.4 Å². The zero-order valence-corrected chi connectivity index (χ0v) is 20.3. The van der Waals surface area contributed by atoms with Crippen LogP contribution in [0.3, 0.4) is 0 Å². The molecule has 1 heterocycles.